The van der Waals surface area contributed by atoms with Crippen LogP contribution in [0.25, 0.3) is 6.08 Å². The minimum atomic E-state index is -4.67. The maximum atomic E-state index is 13.6. The van der Waals surface area contributed by atoms with E-state index < -0.39 is 48.7 Å². The van der Waals surface area contributed by atoms with Crippen molar-refractivity contribution in [2.45, 2.75) is 24.7 Å². The monoisotopic (exact) mass is 572 g/mol. The number of benzene rings is 2. The molecule has 0 aliphatic carbocycles. The van der Waals surface area contributed by atoms with Crippen molar-refractivity contribution in [1.82, 2.24) is 10.6 Å². The van der Waals surface area contributed by atoms with Crippen LogP contribution in [0.3, 0.4) is 0 Å². The van der Waals surface area contributed by atoms with E-state index in [0.717, 1.165) is 18.2 Å². The third kappa shape index (κ3) is 8.76. The van der Waals surface area contributed by atoms with E-state index >= 15 is 0 Å². The first-order chi connectivity index (χ1) is 16.6. The summed E-state index contributed by atoms with van der Waals surface area (Å²) in [5, 5.41) is 3.78. The summed E-state index contributed by atoms with van der Waals surface area (Å²) in [4.78, 5) is 24.0. The van der Waals surface area contributed by atoms with Gasteiger partial charge in [-0.25, -0.2) is 0 Å². The molecule has 2 amide bonds. The second kappa shape index (κ2) is 12.0. The molecule has 4 nitrogen and oxygen atoms in total. The Bertz CT molecular complexity index is 1140. The molecule has 0 saturated carbocycles. The number of hydrogen-bond donors (Lipinski definition) is 2. The van der Waals surface area contributed by atoms with Crippen LogP contribution in [0.5, 0.6) is 0 Å². The zero-order chi connectivity index (χ0) is 27.3. The van der Waals surface area contributed by atoms with Gasteiger partial charge >= 0.3 is 12.4 Å². The average molecular weight is 574 g/mol. The first kappa shape index (κ1) is 29.5. The summed E-state index contributed by atoms with van der Waals surface area (Å²) in [5.41, 5.74) is -0.351. The van der Waals surface area contributed by atoms with Crippen molar-refractivity contribution >= 4 is 52.7 Å². The predicted molar refractivity (Wildman–Crippen MR) is 126 cm³/mol. The molecule has 2 aromatic rings. The molecule has 0 heterocycles. The SMILES string of the molecule is C=C(NC(=O)c1ccc(/C=C/C(c2cc(Cl)c(Cl)c(Cl)c2)C(F)(F)F)cc1)C(=O)NCCC(F)(F)F. The highest BCUT2D eigenvalue weighted by atomic mass is 35.5. The molecule has 0 spiro atoms. The molecule has 1 unspecified atom stereocenters. The van der Waals surface area contributed by atoms with Gasteiger partial charge in [0.1, 0.15) is 0 Å². The van der Waals surface area contributed by atoms with Gasteiger partial charge < -0.3 is 10.6 Å². The molecule has 0 saturated heterocycles. The zero-order valence-corrected chi connectivity index (χ0v) is 20.3. The van der Waals surface area contributed by atoms with Gasteiger partial charge in [-0.2, -0.15) is 26.3 Å². The van der Waals surface area contributed by atoms with Gasteiger partial charge in [-0.3, -0.25) is 9.59 Å². The van der Waals surface area contributed by atoms with Crippen LogP contribution in [0.1, 0.15) is 33.8 Å². The van der Waals surface area contributed by atoms with Crippen LogP contribution in [-0.2, 0) is 4.79 Å². The minimum absolute atomic E-state index is 0.0278. The van der Waals surface area contributed by atoms with Gasteiger partial charge in [0, 0.05) is 12.1 Å². The quantitative estimate of drug-likeness (QED) is 0.198. The van der Waals surface area contributed by atoms with Gasteiger partial charge in [0.25, 0.3) is 11.8 Å². The highest BCUT2D eigenvalue weighted by molar-refractivity contribution is 6.48. The molecule has 0 aliphatic heterocycles. The lowest BCUT2D eigenvalue weighted by atomic mass is 9.97. The Morgan fingerprint density at radius 2 is 1.53 bits per heavy atom. The fraction of sp³-hybridized carbons (Fsp3) is 0.217. The van der Waals surface area contributed by atoms with E-state index in [1.54, 1.807) is 0 Å². The normalized spacial score (nSPS) is 12.9. The summed E-state index contributed by atoms with van der Waals surface area (Å²) in [6.45, 7) is 2.61. The third-order valence-electron chi connectivity index (χ3n) is 4.60. The predicted octanol–water partition coefficient (Wildman–Crippen LogP) is 7.32. The van der Waals surface area contributed by atoms with E-state index in [0.29, 0.717) is 5.56 Å². The summed E-state index contributed by atoms with van der Waals surface area (Å²) in [5.74, 6) is -3.83. The molecule has 0 aliphatic rings. The molecule has 194 valence electrons. The number of nitrogens with one attached hydrogen (secondary N) is 2. The summed E-state index contributed by atoms with van der Waals surface area (Å²) in [7, 11) is 0. The van der Waals surface area contributed by atoms with Crippen molar-refractivity contribution in [2.24, 2.45) is 0 Å². The Hall–Kier alpha value is -2.69. The molecule has 0 radical (unpaired) electrons. The molecule has 0 fully saturated rings. The molecule has 1 atom stereocenters. The van der Waals surface area contributed by atoms with Crippen molar-refractivity contribution in [3.05, 3.63) is 86.5 Å². The van der Waals surface area contributed by atoms with Crippen LogP contribution in [0.15, 0.2) is 54.8 Å². The number of hydrogen-bond acceptors (Lipinski definition) is 2. The molecule has 13 heteroatoms. The lowest BCUT2D eigenvalue weighted by Crippen LogP contribution is -2.35. The molecule has 36 heavy (non-hydrogen) atoms. The maximum Gasteiger partial charge on any atom is 0.399 e. The van der Waals surface area contributed by atoms with E-state index in [4.69, 9.17) is 34.8 Å². The zero-order valence-electron chi connectivity index (χ0n) is 18.0. The fourth-order valence-corrected chi connectivity index (χ4v) is 3.42. The lowest BCUT2D eigenvalue weighted by molar-refractivity contribution is -0.139. The van der Waals surface area contributed by atoms with Gasteiger partial charge in [0.2, 0.25) is 0 Å². The van der Waals surface area contributed by atoms with Crippen LogP contribution in [0.2, 0.25) is 15.1 Å². The number of carbonyl (C=O) groups excluding carboxylic acids is 2. The van der Waals surface area contributed by atoms with E-state index in [1.807, 2.05) is 5.32 Å². The molecule has 2 rings (SSSR count). The van der Waals surface area contributed by atoms with Gasteiger partial charge in [-0.15, -0.1) is 0 Å². The van der Waals surface area contributed by atoms with Gasteiger partial charge in [0.05, 0.1) is 33.1 Å². The largest absolute Gasteiger partial charge is 0.399 e. The van der Waals surface area contributed by atoms with Crippen LogP contribution in [0.4, 0.5) is 26.3 Å². The second-order valence-corrected chi connectivity index (χ2v) is 8.55. The fourth-order valence-electron chi connectivity index (χ4n) is 2.81. The third-order valence-corrected chi connectivity index (χ3v) is 5.80. The summed E-state index contributed by atoms with van der Waals surface area (Å²) in [6.07, 6.45) is -8.30. The topological polar surface area (TPSA) is 58.2 Å². The Kier molecular flexibility index (Phi) is 9.87. The Morgan fingerprint density at radius 3 is 2.03 bits per heavy atom. The summed E-state index contributed by atoms with van der Waals surface area (Å²) >= 11 is 17.5. The smallest absolute Gasteiger partial charge is 0.350 e. The van der Waals surface area contributed by atoms with Crippen molar-refractivity contribution in [1.29, 1.82) is 0 Å². The number of allylic oxidation sites excluding steroid dienone is 1. The number of rotatable bonds is 8. The van der Waals surface area contributed by atoms with Crippen molar-refractivity contribution in [2.75, 3.05) is 6.54 Å². The van der Waals surface area contributed by atoms with Gasteiger partial charge in [0.15, 0.2) is 0 Å². The van der Waals surface area contributed by atoms with Crippen LogP contribution < -0.4 is 10.6 Å². The Balaban J connectivity index is 2.08. The summed E-state index contributed by atoms with van der Waals surface area (Å²) < 4.78 is 77.4. The van der Waals surface area contributed by atoms with Crippen molar-refractivity contribution in [3.8, 4) is 0 Å². The van der Waals surface area contributed by atoms with E-state index in [1.165, 1.54) is 30.3 Å². The highest BCUT2D eigenvalue weighted by Gasteiger charge is 2.39. The van der Waals surface area contributed by atoms with Gasteiger partial charge in [-0.05, 0) is 35.4 Å². The molecular weight excluding hydrogens is 557 g/mol. The van der Waals surface area contributed by atoms with E-state index in [9.17, 15) is 35.9 Å². The standard InChI is InChI=1S/C23H17Cl3F6N2O2/c1-12(20(35)33-9-8-22(27,28)29)34-21(36)14-5-2-13(3-6-14)4-7-16(23(30,31)32)15-10-17(24)19(26)18(25)11-15/h2-7,10-11,16H,1,8-9H2,(H,33,35)(H,34,36)/b7-4+. The van der Waals surface area contributed by atoms with Crippen molar-refractivity contribution in [3.63, 3.8) is 0 Å². The van der Waals surface area contributed by atoms with E-state index in [-0.39, 0.29) is 26.2 Å². The number of carbonyl (C=O) groups is 2. The molecule has 2 N–H and O–H groups in total. The number of halogens is 9. The Labute approximate surface area is 216 Å². The lowest BCUT2D eigenvalue weighted by Gasteiger charge is -2.18. The maximum absolute atomic E-state index is 13.6. The van der Waals surface area contributed by atoms with Crippen LogP contribution in [0, 0.1) is 0 Å². The average Bonchev–Trinajstić information content (AvgIpc) is 2.76. The highest BCUT2D eigenvalue weighted by Crippen LogP contribution is 2.41. The first-order valence-electron chi connectivity index (χ1n) is 9.93. The molecular formula is C23H17Cl3F6N2O2. The second-order valence-electron chi connectivity index (χ2n) is 7.35. The minimum Gasteiger partial charge on any atom is -0.350 e. The Morgan fingerprint density at radius 1 is 0.972 bits per heavy atom. The number of amides is 2. The first-order valence-corrected chi connectivity index (χ1v) is 11.1. The molecule has 2 aromatic carbocycles. The molecule has 0 aromatic heterocycles. The molecule has 0 bridgehead atoms. The van der Waals surface area contributed by atoms with Crippen molar-refractivity contribution < 1.29 is 35.9 Å². The number of alkyl halides is 6. The van der Waals surface area contributed by atoms with Crippen LogP contribution in [-0.4, -0.2) is 30.7 Å². The summed E-state index contributed by atoms with van der Waals surface area (Å²) in [6, 6.07) is 7.40. The van der Waals surface area contributed by atoms with E-state index in [2.05, 4.69) is 11.9 Å². The van der Waals surface area contributed by atoms with Crippen LogP contribution >= 0.6 is 34.8 Å². The van der Waals surface area contributed by atoms with Gasteiger partial charge in [-0.1, -0.05) is 65.7 Å².